The number of amidine groups is 1. The summed E-state index contributed by atoms with van der Waals surface area (Å²) >= 11 is 6.09. The Morgan fingerprint density at radius 2 is 2.00 bits per heavy atom. The molecule has 0 bridgehead atoms. The van der Waals surface area contributed by atoms with Crippen molar-refractivity contribution in [3.63, 3.8) is 0 Å². The molecule has 0 saturated carbocycles. The Bertz CT molecular complexity index is 1120. The molecule has 0 fully saturated rings. The van der Waals surface area contributed by atoms with Crippen LogP contribution in [0.1, 0.15) is 16.8 Å². The Morgan fingerprint density at radius 3 is 2.68 bits per heavy atom. The number of benzene rings is 2. The fourth-order valence-electron chi connectivity index (χ4n) is 2.85. The molecule has 3 rings (SSSR count). The maximum atomic E-state index is 13.2. The number of hydrogen-bond acceptors (Lipinski definition) is 3. The number of carbonyl (C=O) groups excluding carboxylic acids is 1. The Morgan fingerprint density at radius 1 is 1.29 bits per heavy atom. The van der Waals surface area contributed by atoms with E-state index in [-0.39, 0.29) is 11.6 Å². The molecule has 0 radical (unpaired) electrons. The van der Waals surface area contributed by atoms with Crippen LogP contribution in [0.25, 0.3) is 16.7 Å². The molecule has 0 aliphatic rings. The largest absolute Gasteiger partial charge is 0.507 e. The van der Waals surface area contributed by atoms with Crippen LogP contribution in [0.3, 0.4) is 0 Å². The van der Waals surface area contributed by atoms with Crippen LogP contribution in [0.15, 0.2) is 53.5 Å². The minimum absolute atomic E-state index is 0.321. The average Bonchev–Trinajstić information content (AvgIpc) is 3.00. The molecule has 8 heteroatoms. The smallest absolute Gasteiger partial charge is 0.224 e. The van der Waals surface area contributed by atoms with E-state index in [2.05, 4.69) is 9.98 Å². The van der Waals surface area contributed by atoms with E-state index < -0.39 is 11.6 Å². The summed E-state index contributed by atoms with van der Waals surface area (Å²) in [7, 11) is 0. The van der Waals surface area contributed by atoms with Gasteiger partial charge in [-0.05, 0) is 35.9 Å². The zero-order chi connectivity index (χ0) is 20.3. The molecule has 0 saturated heterocycles. The lowest BCUT2D eigenvalue weighted by molar-refractivity contribution is -0.109. The summed E-state index contributed by atoms with van der Waals surface area (Å²) in [6, 6.07) is 11.1. The molecule has 0 spiro atoms. The Kier molecular flexibility index (Phi) is 5.56. The highest BCUT2D eigenvalue weighted by Gasteiger charge is 2.18. The van der Waals surface area contributed by atoms with Gasteiger partial charge in [0.25, 0.3) is 0 Å². The standard InChI is InChI=1S/C20H16ClFN4O2/c21-12-3-6-15-14(8-12)19(17(27)9-18(28)20(24)25-10-23)16(26-15)7-11-1-4-13(22)5-2-11/h1-6,8-10,26-27H,7H2,(H3,23,24,25). The number of H-pyrrole nitrogens is 1. The first-order valence-corrected chi connectivity index (χ1v) is 8.59. The summed E-state index contributed by atoms with van der Waals surface area (Å²) in [6.07, 6.45) is 1.95. The van der Waals surface area contributed by atoms with Gasteiger partial charge in [-0.15, -0.1) is 0 Å². The Hall–Kier alpha value is -3.45. The highest BCUT2D eigenvalue weighted by atomic mass is 35.5. The first-order chi connectivity index (χ1) is 13.4. The number of aromatic amines is 1. The lowest BCUT2D eigenvalue weighted by Crippen LogP contribution is -2.22. The molecule has 0 unspecified atom stereocenters. The van der Waals surface area contributed by atoms with Crippen LogP contribution in [0.2, 0.25) is 5.02 Å². The third kappa shape index (κ3) is 4.10. The lowest BCUT2D eigenvalue weighted by atomic mass is 10.0. The fourth-order valence-corrected chi connectivity index (χ4v) is 3.03. The summed E-state index contributed by atoms with van der Waals surface area (Å²) in [4.78, 5) is 18.7. The number of nitrogens with one attached hydrogen (secondary N) is 2. The molecule has 1 heterocycles. The molecule has 2 aromatic carbocycles. The number of aliphatic hydroxyl groups excluding tert-OH is 1. The molecule has 0 atom stereocenters. The predicted molar refractivity (Wildman–Crippen MR) is 109 cm³/mol. The molecular formula is C20H16ClFN4O2. The molecule has 3 aromatic rings. The Balaban J connectivity index is 2.11. The number of ketones is 1. The van der Waals surface area contributed by atoms with Gasteiger partial charge in [0.05, 0.1) is 0 Å². The summed E-state index contributed by atoms with van der Waals surface area (Å²) in [5.74, 6) is -1.81. The molecule has 0 amide bonds. The second-order valence-corrected chi connectivity index (χ2v) is 6.45. The van der Waals surface area contributed by atoms with Crippen LogP contribution in [-0.4, -0.2) is 28.0 Å². The number of hydrogen-bond donors (Lipinski definition) is 4. The van der Waals surface area contributed by atoms with Gasteiger partial charge in [0.2, 0.25) is 5.78 Å². The van der Waals surface area contributed by atoms with Gasteiger partial charge >= 0.3 is 0 Å². The van der Waals surface area contributed by atoms with Crippen molar-refractivity contribution in [1.82, 2.24) is 4.98 Å². The number of aromatic nitrogens is 1. The number of fused-ring (bicyclic) bond motifs is 1. The quantitative estimate of drug-likeness (QED) is 0.218. The van der Waals surface area contributed by atoms with Gasteiger partial charge < -0.3 is 15.8 Å². The molecule has 0 aliphatic heterocycles. The maximum Gasteiger partial charge on any atom is 0.224 e. The highest BCUT2D eigenvalue weighted by molar-refractivity contribution is 6.44. The van der Waals surface area contributed by atoms with Gasteiger partial charge in [0, 0.05) is 39.7 Å². The molecule has 0 aliphatic carbocycles. The number of aliphatic imine (C=N–C) groups is 1. The van der Waals surface area contributed by atoms with Crippen molar-refractivity contribution in [3.8, 4) is 0 Å². The number of halogens is 2. The average molecular weight is 399 g/mol. The van der Waals surface area contributed by atoms with Crippen molar-refractivity contribution in [2.45, 2.75) is 6.42 Å². The number of nitrogens with two attached hydrogens (primary N) is 1. The third-order valence-electron chi connectivity index (χ3n) is 4.11. The number of carbonyl (C=O) groups is 1. The minimum atomic E-state index is -0.731. The van der Waals surface area contributed by atoms with Gasteiger partial charge in [0.15, 0.2) is 5.84 Å². The van der Waals surface area contributed by atoms with Crippen molar-refractivity contribution in [3.05, 3.63) is 76.2 Å². The second-order valence-electron chi connectivity index (χ2n) is 6.01. The van der Waals surface area contributed by atoms with Gasteiger partial charge in [-0.3, -0.25) is 10.2 Å². The summed E-state index contributed by atoms with van der Waals surface area (Å²) in [5.41, 5.74) is 8.00. The predicted octanol–water partition coefficient (Wildman–Crippen LogP) is 3.98. The minimum Gasteiger partial charge on any atom is -0.507 e. The zero-order valence-corrected chi connectivity index (χ0v) is 15.3. The molecule has 6 nitrogen and oxygen atoms in total. The Labute approximate surface area is 164 Å². The van der Waals surface area contributed by atoms with Crippen molar-refractivity contribution in [2.75, 3.05) is 0 Å². The summed E-state index contributed by atoms with van der Waals surface area (Å²) in [6.45, 7) is 0. The SMILES string of the molecule is N=CN=C(N)C(=O)C=C(O)c1c(Cc2ccc(F)cc2)[nH]c2ccc(Cl)cc12. The molecular weight excluding hydrogens is 383 g/mol. The van der Waals surface area contributed by atoms with Crippen LogP contribution in [0.5, 0.6) is 0 Å². The van der Waals surface area contributed by atoms with E-state index in [9.17, 15) is 14.3 Å². The second kappa shape index (κ2) is 8.06. The summed E-state index contributed by atoms with van der Waals surface area (Å²) < 4.78 is 13.2. The maximum absolute atomic E-state index is 13.2. The van der Waals surface area contributed by atoms with Crippen molar-refractivity contribution >= 4 is 46.2 Å². The van der Waals surface area contributed by atoms with E-state index >= 15 is 0 Å². The number of nitrogens with zero attached hydrogens (tertiary/aromatic N) is 1. The molecule has 28 heavy (non-hydrogen) atoms. The van der Waals surface area contributed by atoms with Crippen molar-refractivity contribution < 1.29 is 14.3 Å². The first kappa shape index (κ1) is 19.3. The van der Waals surface area contributed by atoms with Gasteiger partial charge in [-0.25, -0.2) is 9.38 Å². The zero-order valence-electron chi connectivity index (χ0n) is 14.5. The van der Waals surface area contributed by atoms with Crippen LogP contribution in [0.4, 0.5) is 4.39 Å². The van der Waals surface area contributed by atoms with E-state index in [1.165, 1.54) is 12.1 Å². The van der Waals surface area contributed by atoms with Crippen LogP contribution in [-0.2, 0) is 11.2 Å². The molecule has 1 aromatic heterocycles. The van der Waals surface area contributed by atoms with E-state index in [0.717, 1.165) is 11.6 Å². The van der Waals surface area contributed by atoms with Crippen LogP contribution >= 0.6 is 11.6 Å². The van der Waals surface area contributed by atoms with Crippen LogP contribution < -0.4 is 5.73 Å². The van der Waals surface area contributed by atoms with E-state index in [1.807, 2.05) is 0 Å². The third-order valence-corrected chi connectivity index (χ3v) is 4.35. The normalized spacial score (nSPS) is 12.4. The van der Waals surface area contributed by atoms with Crippen molar-refractivity contribution in [1.29, 1.82) is 5.41 Å². The highest BCUT2D eigenvalue weighted by Crippen LogP contribution is 2.31. The van der Waals surface area contributed by atoms with E-state index in [4.69, 9.17) is 22.7 Å². The molecule has 142 valence electrons. The van der Waals surface area contributed by atoms with Crippen molar-refractivity contribution in [2.24, 2.45) is 10.7 Å². The van der Waals surface area contributed by atoms with E-state index in [1.54, 1.807) is 30.3 Å². The number of aliphatic hydroxyl groups is 1. The van der Waals surface area contributed by atoms with Gasteiger partial charge in [-0.2, -0.15) is 0 Å². The van der Waals surface area contributed by atoms with E-state index in [0.29, 0.717) is 39.9 Å². The molecule has 5 N–H and O–H groups in total. The lowest BCUT2D eigenvalue weighted by Gasteiger charge is -2.05. The van der Waals surface area contributed by atoms with Gasteiger partial charge in [-0.1, -0.05) is 23.7 Å². The van der Waals surface area contributed by atoms with Gasteiger partial charge in [0.1, 0.15) is 17.9 Å². The van der Waals surface area contributed by atoms with Crippen LogP contribution in [0, 0.1) is 11.2 Å². The number of rotatable bonds is 6. The fraction of sp³-hybridized carbons (Fsp3) is 0.0500. The summed E-state index contributed by atoms with van der Waals surface area (Å²) in [5, 5.41) is 18.6. The topological polar surface area (TPSA) is 115 Å². The first-order valence-electron chi connectivity index (χ1n) is 8.21. The monoisotopic (exact) mass is 398 g/mol.